The molecule has 1 N–H and O–H groups in total. The van der Waals surface area contributed by atoms with E-state index in [9.17, 15) is 18.0 Å². The molecular formula is C13H16F3NO. The summed E-state index contributed by atoms with van der Waals surface area (Å²) in [5.41, 5.74) is 0.239. The molecule has 5 heteroatoms. The van der Waals surface area contributed by atoms with E-state index in [0.29, 0.717) is 12.8 Å². The highest BCUT2D eigenvalue weighted by atomic mass is 19.4. The van der Waals surface area contributed by atoms with Crippen molar-refractivity contribution < 1.29 is 18.0 Å². The summed E-state index contributed by atoms with van der Waals surface area (Å²) in [4.78, 5) is 11.7. The largest absolute Gasteiger partial charge is 0.408 e. The second kappa shape index (κ2) is 6.42. The maximum Gasteiger partial charge on any atom is 0.408 e. The third-order valence-corrected chi connectivity index (χ3v) is 2.58. The number of carbonyl (C=O) groups is 1. The van der Waals surface area contributed by atoms with Gasteiger partial charge in [-0.05, 0) is 18.6 Å². The molecule has 0 spiro atoms. The number of hydrogen-bond acceptors (Lipinski definition) is 1. The van der Waals surface area contributed by atoms with Gasteiger partial charge in [-0.3, -0.25) is 4.79 Å². The van der Waals surface area contributed by atoms with E-state index < -0.39 is 18.1 Å². The predicted molar refractivity (Wildman–Crippen MR) is 63.3 cm³/mol. The lowest BCUT2D eigenvalue weighted by Crippen LogP contribution is -2.45. The van der Waals surface area contributed by atoms with Gasteiger partial charge in [-0.1, -0.05) is 38.0 Å². The molecule has 1 rings (SSSR count). The minimum atomic E-state index is -4.40. The van der Waals surface area contributed by atoms with E-state index >= 15 is 0 Å². The molecule has 0 aromatic heterocycles. The minimum Gasteiger partial charge on any atom is -0.340 e. The van der Waals surface area contributed by atoms with E-state index in [2.05, 4.69) is 0 Å². The average molecular weight is 259 g/mol. The minimum absolute atomic E-state index is 0.0847. The number of amides is 1. The fraction of sp³-hybridized carbons (Fsp3) is 0.462. The highest BCUT2D eigenvalue weighted by Crippen LogP contribution is 2.24. The molecule has 0 saturated carbocycles. The van der Waals surface area contributed by atoms with Crippen molar-refractivity contribution in [3.8, 4) is 0 Å². The summed E-state index contributed by atoms with van der Waals surface area (Å²) >= 11 is 0. The Morgan fingerprint density at radius 2 is 1.89 bits per heavy atom. The van der Waals surface area contributed by atoms with Crippen molar-refractivity contribution in [2.75, 3.05) is 0 Å². The smallest absolute Gasteiger partial charge is 0.340 e. The number of nitrogens with one attached hydrogen (secondary N) is 1. The first kappa shape index (κ1) is 14.5. The number of benzene rings is 1. The van der Waals surface area contributed by atoms with Crippen LogP contribution in [0.25, 0.3) is 0 Å². The van der Waals surface area contributed by atoms with E-state index in [1.807, 2.05) is 12.2 Å². The molecule has 0 bridgehead atoms. The maximum absolute atomic E-state index is 12.7. The van der Waals surface area contributed by atoms with Gasteiger partial charge in [0.05, 0.1) is 0 Å². The first-order chi connectivity index (χ1) is 8.45. The van der Waals surface area contributed by atoms with E-state index in [-0.39, 0.29) is 12.0 Å². The predicted octanol–water partition coefficient (Wildman–Crippen LogP) is 3.54. The Hall–Kier alpha value is -1.52. The van der Waals surface area contributed by atoms with Crippen LogP contribution in [0.3, 0.4) is 0 Å². The average Bonchev–Trinajstić information content (AvgIpc) is 2.34. The zero-order chi connectivity index (χ0) is 13.6. The van der Waals surface area contributed by atoms with E-state index in [1.165, 1.54) is 12.1 Å². The molecule has 0 heterocycles. The molecule has 2 nitrogen and oxygen atoms in total. The molecule has 1 aromatic rings. The lowest BCUT2D eigenvalue weighted by Gasteiger charge is -2.21. The maximum atomic E-state index is 12.7. The molecule has 0 fully saturated rings. The SMILES string of the molecule is CCCC[C@@H](NC(=O)c1ccccc1)C(F)(F)F. The van der Waals surface area contributed by atoms with Crippen LogP contribution in [0, 0.1) is 0 Å². The Bertz CT molecular complexity index is 376. The Labute approximate surface area is 104 Å². The Morgan fingerprint density at radius 1 is 1.28 bits per heavy atom. The molecule has 1 atom stereocenters. The van der Waals surface area contributed by atoms with Gasteiger partial charge in [0.1, 0.15) is 6.04 Å². The van der Waals surface area contributed by atoms with Crippen LogP contribution in [0.15, 0.2) is 30.3 Å². The van der Waals surface area contributed by atoms with Gasteiger partial charge in [0.15, 0.2) is 0 Å². The van der Waals surface area contributed by atoms with Gasteiger partial charge in [-0.2, -0.15) is 13.2 Å². The van der Waals surface area contributed by atoms with Gasteiger partial charge in [-0.15, -0.1) is 0 Å². The normalized spacial score (nSPS) is 13.1. The van der Waals surface area contributed by atoms with Crippen molar-refractivity contribution in [1.29, 1.82) is 0 Å². The van der Waals surface area contributed by atoms with Crippen molar-refractivity contribution in [2.24, 2.45) is 0 Å². The Kier molecular flexibility index (Phi) is 5.19. The van der Waals surface area contributed by atoms with E-state index in [4.69, 9.17) is 0 Å². The molecule has 0 aliphatic carbocycles. The molecule has 1 amide bonds. The van der Waals surface area contributed by atoms with Crippen LogP contribution in [0.5, 0.6) is 0 Å². The lowest BCUT2D eigenvalue weighted by atomic mass is 10.1. The van der Waals surface area contributed by atoms with Gasteiger partial charge in [0.2, 0.25) is 0 Å². The fourth-order valence-corrected chi connectivity index (χ4v) is 1.56. The zero-order valence-electron chi connectivity index (χ0n) is 10.1. The fourth-order valence-electron chi connectivity index (χ4n) is 1.56. The number of carbonyl (C=O) groups excluding carboxylic acids is 1. The summed E-state index contributed by atoms with van der Waals surface area (Å²) in [5, 5.41) is 2.04. The van der Waals surface area contributed by atoms with Crippen LogP contribution < -0.4 is 5.32 Å². The van der Waals surface area contributed by atoms with Crippen LogP contribution >= 0.6 is 0 Å². The highest BCUT2D eigenvalue weighted by molar-refractivity contribution is 5.94. The Balaban J connectivity index is 2.69. The highest BCUT2D eigenvalue weighted by Gasteiger charge is 2.40. The van der Waals surface area contributed by atoms with Crippen LogP contribution in [0.1, 0.15) is 36.5 Å². The first-order valence-electron chi connectivity index (χ1n) is 5.87. The number of halogens is 3. The van der Waals surface area contributed by atoms with Crippen molar-refractivity contribution in [2.45, 2.75) is 38.4 Å². The standard InChI is InChI=1S/C13H16F3NO/c1-2-3-9-11(13(14,15)16)17-12(18)10-7-5-4-6-8-10/h4-8,11H,2-3,9H2,1H3,(H,17,18)/t11-/m1/s1. The molecule has 0 unspecified atom stereocenters. The second-order valence-corrected chi connectivity index (χ2v) is 4.08. The summed E-state index contributed by atoms with van der Waals surface area (Å²) in [6, 6.07) is 6.14. The molecule has 0 aliphatic rings. The molecular weight excluding hydrogens is 243 g/mol. The molecule has 0 aliphatic heterocycles. The van der Waals surface area contributed by atoms with Gasteiger partial charge < -0.3 is 5.32 Å². The molecule has 18 heavy (non-hydrogen) atoms. The summed E-state index contributed by atoms with van der Waals surface area (Å²) in [6.07, 6.45) is -3.40. The summed E-state index contributed by atoms with van der Waals surface area (Å²) in [5.74, 6) is -0.686. The summed E-state index contributed by atoms with van der Waals surface area (Å²) in [6.45, 7) is 1.81. The number of hydrogen-bond donors (Lipinski definition) is 1. The second-order valence-electron chi connectivity index (χ2n) is 4.08. The topological polar surface area (TPSA) is 29.1 Å². The van der Waals surface area contributed by atoms with Gasteiger partial charge >= 0.3 is 6.18 Å². The first-order valence-corrected chi connectivity index (χ1v) is 5.87. The number of alkyl halides is 3. The number of unbranched alkanes of at least 4 members (excludes halogenated alkanes) is 1. The van der Waals surface area contributed by atoms with Crippen LogP contribution in [0.2, 0.25) is 0 Å². The lowest BCUT2D eigenvalue weighted by molar-refractivity contribution is -0.155. The summed E-state index contributed by atoms with van der Waals surface area (Å²) < 4.78 is 38.1. The van der Waals surface area contributed by atoms with E-state index in [1.54, 1.807) is 18.2 Å². The van der Waals surface area contributed by atoms with Crippen molar-refractivity contribution in [3.05, 3.63) is 35.9 Å². The third kappa shape index (κ3) is 4.39. The number of rotatable bonds is 5. The molecule has 1 aromatic carbocycles. The van der Waals surface area contributed by atoms with Gasteiger partial charge in [-0.25, -0.2) is 0 Å². The van der Waals surface area contributed by atoms with Crippen molar-refractivity contribution in [3.63, 3.8) is 0 Å². The molecule has 0 saturated heterocycles. The zero-order valence-corrected chi connectivity index (χ0v) is 10.1. The van der Waals surface area contributed by atoms with Crippen LogP contribution in [-0.2, 0) is 0 Å². The van der Waals surface area contributed by atoms with Crippen LogP contribution in [0.4, 0.5) is 13.2 Å². The van der Waals surface area contributed by atoms with Crippen molar-refractivity contribution >= 4 is 5.91 Å². The third-order valence-electron chi connectivity index (χ3n) is 2.58. The quantitative estimate of drug-likeness (QED) is 0.861. The van der Waals surface area contributed by atoms with E-state index in [0.717, 1.165) is 0 Å². The van der Waals surface area contributed by atoms with Crippen LogP contribution in [-0.4, -0.2) is 18.1 Å². The van der Waals surface area contributed by atoms with Gasteiger partial charge in [0.25, 0.3) is 5.91 Å². The summed E-state index contributed by atoms with van der Waals surface area (Å²) in [7, 11) is 0. The molecule has 0 radical (unpaired) electrons. The monoisotopic (exact) mass is 259 g/mol. The van der Waals surface area contributed by atoms with Gasteiger partial charge in [0, 0.05) is 5.56 Å². The van der Waals surface area contributed by atoms with Crippen molar-refractivity contribution in [1.82, 2.24) is 5.32 Å². The Morgan fingerprint density at radius 3 is 2.39 bits per heavy atom. The molecule has 100 valence electrons.